The monoisotopic (exact) mass is 375 g/mol. The lowest BCUT2D eigenvalue weighted by molar-refractivity contribution is 0.315. The molecule has 23 heavy (non-hydrogen) atoms. The van der Waals surface area contributed by atoms with Crippen LogP contribution in [0.3, 0.4) is 0 Å². The zero-order valence-electron chi connectivity index (χ0n) is 12.5. The van der Waals surface area contributed by atoms with Gasteiger partial charge in [-0.15, -0.1) is 0 Å². The van der Waals surface area contributed by atoms with Gasteiger partial charge in [-0.1, -0.05) is 12.1 Å². The van der Waals surface area contributed by atoms with Gasteiger partial charge in [0, 0.05) is 29.8 Å². The number of nitrogens with zero attached hydrogens (tertiary/aromatic N) is 3. The topological polar surface area (TPSA) is 37.6 Å². The summed E-state index contributed by atoms with van der Waals surface area (Å²) < 4.78 is 15.3. The van der Waals surface area contributed by atoms with Crippen LogP contribution in [0.4, 0.5) is 4.39 Å². The summed E-state index contributed by atoms with van der Waals surface area (Å²) in [5.74, 6) is -0.244. The number of benzene rings is 1. The molecular formula is C17H15BrFN3O. The highest BCUT2D eigenvalue weighted by molar-refractivity contribution is 9.10. The minimum Gasteiger partial charge on any atom is -0.296 e. The second kappa shape index (κ2) is 6.60. The first-order valence-electron chi connectivity index (χ1n) is 7.12. The van der Waals surface area contributed by atoms with Crippen LogP contribution < -0.4 is 5.56 Å². The molecule has 0 aliphatic rings. The van der Waals surface area contributed by atoms with Crippen LogP contribution in [0.25, 0.3) is 5.65 Å². The fraction of sp³-hybridized carbons (Fsp3) is 0.176. The maximum Gasteiger partial charge on any atom is 0.258 e. The molecule has 3 rings (SSSR count). The van der Waals surface area contributed by atoms with Crippen molar-refractivity contribution in [3.8, 4) is 0 Å². The standard InChI is InChI=1S/C17H15BrFN3O/c1-21(9-12-2-5-14(19)6-3-12)11-15-8-17(23)22-10-13(18)4-7-16(22)20-15/h2-8,10H,9,11H2,1H3. The van der Waals surface area contributed by atoms with E-state index >= 15 is 0 Å². The van der Waals surface area contributed by atoms with Crippen LogP contribution in [0.2, 0.25) is 0 Å². The van der Waals surface area contributed by atoms with Gasteiger partial charge in [0.1, 0.15) is 11.5 Å². The summed E-state index contributed by atoms with van der Waals surface area (Å²) in [7, 11) is 1.94. The van der Waals surface area contributed by atoms with Gasteiger partial charge in [0.2, 0.25) is 0 Å². The molecule has 3 aromatic rings. The predicted molar refractivity (Wildman–Crippen MR) is 90.7 cm³/mol. The fourth-order valence-electron chi connectivity index (χ4n) is 2.44. The van der Waals surface area contributed by atoms with E-state index in [1.807, 2.05) is 18.0 Å². The first-order chi connectivity index (χ1) is 11.0. The molecule has 0 aliphatic heterocycles. The van der Waals surface area contributed by atoms with Crippen LogP contribution in [0.15, 0.2) is 57.9 Å². The van der Waals surface area contributed by atoms with Gasteiger partial charge in [-0.3, -0.25) is 14.1 Å². The highest BCUT2D eigenvalue weighted by Crippen LogP contribution is 2.11. The molecule has 0 fully saturated rings. The van der Waals surface area contributed by atoms with Crippen LogP contribution >= 0.6 is 15.9 Å². The predicted octanol–water partition coefficient (Wildman–Crippen LogP) is 3.23. The smallest absolute Gasteiger partial charge is 0.258 e. The van der Waals surface area contributed by atoms with Crippen LogP contribution in [0.5, 0.6) is 0 Å². The summed E-state index contributed by atoms with van der Waals surface area (Å²) in [5.41, 5.74) is 2.23. The number of halogens is 2. The van der Waals surface area contributed by atoms with E-state index in [0.29, 0.717) is 24.4 Å². The van der Waals surface area contributed by atoms with Gasteiger partial charge in [0.25, 0.3) is 5.56 Å². The van der Waals surface area contributed by atoms with Gasteiger partial charge >= 0.3 is 0 Å². The summed E-state index contributed by atoms with van der Waals surface area (Å²) in [5, 5.41) is 0. The third-order valence-electron chi connectivity index (χ3n) is 3.47. The number of hydrogen-bond donors (Lipinski definition) is 0. The molecule has 2 aromatic heterocycles. The van der Waals surface area contributed by atoms with Gasteiger partial charge in [-0.05, 0) is 52.8 Å². The average molecular weight is 376 g/mol. The maximum absolute atomic E-state index is 12.9. The maximum atomic E-state index is 12.9. The second-order valence-corrected chi connectivity index (χ2v) is 6.38. The molecule has 0 N–H and O–H groups in total. The van der Waals surface area contributed by atoms with E-state index in [9.17, 15) is 9.18 Å². The molecule has 0 bridgehead atoms. The summed E-state index contributed by atoms with van der Waals surface area (Å²) >= 11 is 3.35. The third kappa shape index (κ3) is 3.83. The number of aromatic nitrogens is 2. The molecule has 2 heterocycles. The van der Waals surface area contributed by atoms with Gasteiger partial charge in [0.15, 0.2) is 0 Å². The summed E-state index contributed by atoms with van der Waals surface area (Å²) in [6.07, 6.45) is 1.71. The van der Waals surface area contributed by atoms with Crippen LogP contribution in [0, 0.1) is 5.82 Å². The first kappa shape index (κ1) is 15.8. The Hall–Kier alpha value is -2.05. The number of hydrogen-bond acceptors (Lipinski definition) is 3. The Bertz CT molecular complexity index is 892. The highest BCUT2D eigenvalue weighted by Gasteiger charge is 2.07. The molecule has 0 atom stereocenters. The lowest BCUT2D eigenvalue weighted by atomic mass is 10.2. The van der Waals surface area contributed by atoms with Gasteiger partial charge in [0.05, 0.1) is 5.69 Å². The van der Waals surface area contributed by atoms with E-state index in [2.05, 4.69) is 20.9 Å². The molecule has 0 amide bonds. The van der Waals surface area contributed by atoms with Gasteiger partial charge in [-0.2, -0.15) is 0 Å². The van der Waals surface area contributed by atoms with Crippen molar-refractivity contribution in [2.24, 2.45) is 0 Å². The molecule has 0 aliphatic carbocycles. The number of fused-ring (bicyclic) bond motifs is 1. The quantitative estimate of drug-likeness (QED) is 0.702. The van der Waals surface area contributed by atoms with Crippen molar-refractivity contribution in [3.05, 3.63) is 80.6 Å². The minimum absolute atomic E-state index is 0.110. The number of pyridine rings is 1. The Morgan fingerprint density at radius 1 is 1.17 bits per heavy atom. The van der Waals surface area contributed by atoms with Crippen LogP contribution in [0.1, 0.15) is 11.3 Å². The van der Waals surface area contributed by atoms with Gasteiger partial charge in [-0.25, -0.2) is 9.37 Å². The summed E-state index contributed by atoms with van der Waals surface area (Å²) in [4.78, 5) is 18.7. The molecule has 6 heteroatoms. The van der Waals surface area contributed by atoms with Crippen molar-refractivity contribution >= 4 is 21.6 Å². The van der Waals surface area contributed by atoms with Crippen molar-refractivity contribution in [2.75, 3.05) is 7.05 Å². The Morgan fingerprint density at radius 3 is 2.65 bits per heavy atom. The molecule has 118 valence electrons. The average Bonchev–Trinajstić information content (AvgIpc) is 2.50. The van der Waals surface area contributed by atoms with Crippen molar-refractivity contribution in [2.45, 2.75) is 13.1 Å². The van der Waals surface area contributed by atoms with Crippen LogP contribution in [-0.4, -0.2) is 21.3 Å². The normalized spacial score (nSPS) is 11.3. The Morgan fingerprint density at radius 2 is 1.91 bits per heavy atom. The van der Waals surface area contributed by atoms with Crippen molar-refractivity contribution < 1.29 is 4.39 Å². The van der Waals surface area contributed by atoms with E-state index < -0.39 is 0 Å². The second-order valence-electron chi connectivity index (χ2n) is 5.46. The fourth-order valence-corrected chi connectivity index (χ4v) is 2.78. The zero-order chi connectivity index (χ0) is 16.4. The molecule has 0 saturated carbocycles. The summed E-state index contributed by atoms with van der Waals surface area (Å²) in [6, 6.07) is 11.6. The Balaban J connectivity index is 1.79. The Labute approximate surface area is 141 Å². The lowest BCUT2D eigenvalue weighted by Gasteiger charge is -2.16. The summed E-state index contributed by atoms with van der Waals surface area (Å²) in [6.45, 7) is 1.20. The Kier molecular flexibility index (Phi) is 4.54. The first-order valence-corrected chi connectivity index (χ1v) is 7.91. The van der Waals surface area contributed by atoms with E-state index in [1.54, 1.807) is 30.5 Å². The molecule has 0 radical (unpaired) electrons. The largest absolute Gasteiger partial charge is 0.296 e. The molecule has 4 nitrogen and oxygen atoms in total. The van der Waals surface area contributed by atoms with E-state index in [-0.39, 0.29) is 11.4 Å². The molecular weight excluding hydrogens is 361 g/mol. The highest BCUT2D eigenvalue weighted by atomic mass is 79.9. The zero-order valence-corrected chi connectivity index (χ0v) is 14.1. The van der Waals surface area contributed by atoms with Crippen molar-refractivity contribution in [1.82, 2.24) is 14.3 Å². The SMILES string of the molecule is CN(Cc1ccc(F)cc1)Cc1cc(=O)n2cc(Br)ccc2n1. The van der Waals surface area contributed by atoms with E-state index in [1.165, 1.54) is 16.5 Å². The number of rotatable bonds is 4. The molecule has 0 unspecified atom stereocenters. The van der Waals surface area contributed by atoms with E-state index in [4.69, 9.17) is 0 Å². The lowest BCUT2D eigenvalue weighted by Crippen LogP contribution is -2.21. The van der Waals surface area contributed by atoms with E-state index in [0.717, 1.165) is 10.0 Å². The van der Waals surface area contributed by atoms with Crippen LogP contribution in [-0.2, 0) is 13.1 Å². The molecule has 0 saturated heterocycles. The van der Waals surface area contributed by atoms with Crippen molar-refractivity contribution in [1.29, 1.82) is 0 Å². The van der Waals surface area contributed by atoms with Crippen molar-refractivity contribution in [3.63, 3.8) is 0 Å². The molecule has 1 aromatic carbocycles. The minimum atomic E-state index is -0.244. The third-order valence-corrected chi connectivity index (χ3v) is 3.94. The van der Waals surface area contributed by atoms with Gasteiger partial charge < -0.3 is 0 Å². The molecule has 0 spiro atoms.